The van der Waals surface area contributed by atoms with Gasteiger partial charge in [-0.25, -0.2) is 4.39 Å². The summed E-state index contributed by atoms with van der Waals surface area (Å²) in [6.45, 7) is 0.112. The van der Waals surface area contributed by atoms with Gasteiger partial charge in [0.2, 0.25) is 0 Å². The summed E-state index contributed by atoms with van der Waals surface area (Å²) in [5.74, 6) is -0.694. The number of benzene rings is 2. The molecule has 0 saturated heterocycles. The molecule has 2 aromatic carbocycles. The van der Waals surface area contributed by atoms with Crippen molar-refractivity contribution in [2.45, 2.75) is 6.54 Å². The molecule has 0 fully saturated rings. The van der Waals surface area contributed by atoms with Crippen LogP contribution < -0.4 is 5.32 Å². The summed E-state index contributed by atoms with van der Waals surface area (Å²) in [5.41, 5.74) is 2.22. The number of hydrogen-bond donors (Lipinski definition) is 2. The molecule has 2 N–H and O–H groups in total. The second-order valence-corrected chi connectivity index (χ2v) is 5.38. The molecule has 0 saturated carbocycles. The quantitative estimate of drug-likeness (QED) is 0.765. The van der Waals surface area contributed by atoms with Crippen LogP contribution in [-0.4, -0.2) is 16.1 Å². The number of H-pyrrole nitrogens is 1. The van der Waals surface area contributed by atoms with Gasteiger partial charge in [0.05, 0.1) is 5.69 Å². The Morgan fingerprint density at radius 2 is 1.91 bits per heavy atom. The minimum Gasteiger partial charge on any atom is -0.347 e. The highest BCUT2D eigenvalue weighted by molar-refractivity contribution is 6.30. The molecule has 4 nitrogen and oxygen atoms in total. The summed E-state index contributed by atoms with van der Waals surface area (Å²) in [4.78, 5) is 12.1. The highest BCUT2D eigenvalue weighted by Gasteiger charge is 2.11. The molecule has 3 aromatic rings. The standard InChI is InChI=1S/C17H13ClFN3O/c18-13-7-5-11(6-8-13)15-9-16(22-21-15)17(23)20-10-12-3-1-2-4-14(12)19/h1-9H,10H2,(H,20,23)(H,21,22). The molecule has 1 aromatic heterocycles. The van der Waals surface area contributed by atoms with Crippen molar-refractivity contribution in [3.63, 3.8) is 0 Å². The number of nitrogens with one attached hydrogen (secondary N) is 2. The van der Waals surface area contributed by atoms with Crippen LogP contribution in [0.2, 0.25) is 5.02 Å². The minimum atomic E-state index is -0.348. The lowest BCUT2D eigenvalue weighted by Crippen LogP contribution is -2.23. The van der Waals surface area contributed by atoms with Gasteiger partial charge in [-0.1, -0.05) is 41.9 Å². The Hall–Kier alpha value is -2.66. The summed E-state index contributed by atoms with van der Waals surface area (Å²) >= 11 is 5.84. The maximum absolute atomic E-state index is 13.5. The van der Waals surface area contributed by atoms with Gasteiger partial charge in [0.1, 0.15) is 11.5 Å². The maximum atomic E-state index is 13.5. The van der Waals surface area contributed by atoms with Crippen molar-refractivity contribution in [1.29, 1.82) is 0 Å². The molecule has 6 heteroatoms. The molecular weight excluding hydrogens is 317 g/mol. The third-order valence-corrected chi connectivity index (χ3v) is 3.61. The van der Waals surface area contributed by atoms with Crippen LogP contribution in [0.25, 0.3) is 11.3 Å². The Morgan fingerprint density at radius 1 is 1.17 bits per heavy atom. The number of amides is 1. The third-order valence-electron chi connectivity index (χ3n) is 3.36. The number of rotatable bonds is 4. The lowest BCUT2D eigenvalue weighted by molar-refractivity contribution is 0.0945. The third kappa shape index (κ3) is 3.57. The average Bonchev–Trinajstić information content (AvgIpc) is 3.04. The fourth-order valence-electron chi connectivity index (χ4n) is 2.12. The Labute approximate surface area is 137 Å². The number of nitrogens with zero attached hydrogens (tertiary/aromatic N) is 1. The maximum Gasteiger partial charge on any atom is 0.269 e. The van der Waals surface area contributed by atoms with Gasteiger partial charge in [0, 0.05) is 22.7 Å². The molecule has 0 bridgehead atoms. The first-order valence-corrected chi connectivity index (χ1v) is 7.34. The number of halogens is 2. The molecule has 116 valence electrons. The van der Waals surface area contributed by atoms with Crippen molar-refractivity contribution < 1.29 is 9.18 Å². The lowest BCUT2D eigenvalue weighted by atomic mass is 10.1. The molecule has 0 atom stereocenters. The average molecular weight is 330 g/mol. The summed E-state index contributed by atoms with van der Waals surface area (Å²) < 4.78 is 13.5. The first-order valence-electron chi connectivity index (χ1n) is 6.96. The van der Waals surface area contributed by atoms with Crippen LogP contribution >= 0.6 is 11.6 Å². The van der Waals surface area contributed by atoms with Gasteiger partial charge >= 0.3 is 0 Å². The smallest absolute Gasteiger partial charge is 0.269 e. The second-order valence-electron chi connectivity index (χ2n) is 4.95. The van der Waals surface area contributed by atoms with Gasteiger partial charge in [0.15, 0.2) is 0 Å². The van der Waals surface area contributed by atoms with Crippen LogP contribution in [-0.2, 0) is 6.54 Å². The Morgan fingerprint density at radius 3 is 2.65 bits per heavy atom. The number of aromatic amines is 1. The largest absolute Gasteiger partial charge is 0.347 e. The predicted molar refractivity (Wildman–Crippen MR) is 86.6 cm³/mol. The van der Waals surface area contributed by atoms with Crippen LogP contribution in [0.3, 0.4) is 0 Å². The molecule has 0 aliphatic carbocycles. The van der Waals surface area contributed by atoms with E-state index in [4.69, 9.17) is 11.6 Å². The topological polar surface area (TPSA) is 57.8 Å². The molecule has 3 rings (SSSR count). The van der Waals surface area contributed by atoms with E-state index >= 15 is 0 Å². The number of carbonyl (C=O) groups excluding carboxylic acids is 1. The van der Waals surface area contributed by atoms with Crippen LogP contribution in [0, 0.1) is 5.82 Å². The zero-order chi connectivity index (χ0) is 16.2. The van der Waals surface area contributed by atoms with Crippen LogP contribution in [0.5, 0.6) is 0 Å². The van der Waals surface area contributed by atoms with E-state index < -0.39 is 0 Å². The van der Waals surface area contributed by atoms with E-state index in [1.165, 1.54) is 6.07 Å². The Balaban J connectivity index is 1.69. The summed E-state index contributed by atoms with van der Waals surface area (Å²) in [6, 6.07) is 15.1. The first-order chi connectivity index (χ1) is 11.1. The summed E-state index contributed by atoms with van der Waals surface area (Å²) in [5, 5.41) is 10.1. The number of carbonyl (C=O) groups is 1. The summed E-state index contributed by atoms with van der Waals surface area (Å²) in [6.07, 6.45) is 0. The Bertz CT molecular complexity index is 830. The van der Waals surface area contributed by atoms with E-state index in [0.29, 0.717) is 22.0 Å². The van der Waals surface area contributed by atoms with Gasteiger partial charge in [-0.15, -0.1) is 0 Å². The van der Waals surface area contributed by atoms with Crippen molar-refractivity contribution in [3.05, 3.63) is 76.7 Å². The van der Waals surface area contributed by atoms with Gasteiger partial charge < -0.3 is 5.32 Å². The van der Waals surface area contributed by atoms with E-state index in [0.717, 1.165) is 5.56 Å². The van der Waals surface area contributed by atoms with Crippen molar-refractivity contribution in [1.82, 2.24) is 15.5 Å². The molecule has 0 aliphatic heterocycles. The van der Waals surface area contributed by atoms with E-state index in [1.807, 2.05) is 12.1 Å². The zero-order valence-electron chi connectivity index (χ0n) is 12.0. The van der Waals surface area contributed by atoms with Gasteiger partial charge in [-0.3, -0.25) is 9.89 Å². The Kier molecular flexibility index (Phi) is 4.39. The van der Waals surface area contributed by atoms with Gasteiger partial charge in [0.25, 0.3) is 5.91 Å². The number of aromatic nitrogens is 2. The normalized spacial score (nSPS) is 10.5. The summed E-state index contributed by atoms with van der Waals surface area (Å²) in [7, 11) is 0. The van der Waals surface area contributed by atoms with Crippen molar-refractivity contribution >= 4 is 17.5 Å². The molecule has 23 heavy (non-hydrogen) atoms. The molecule has 0 aliphatic rings. The number of hydrogen-bond acceptors (Lipinski definition) is 2. The van der Waals surface area contributed by atoms with E-state index in [2.05, 4.69) is 15.5 Å². The van der Waals surface area contributed by atoms with E-state index in [1.54, 1.807) is 36.4 Å². The van der Waals surface area contributed by atoms with E-state index in [9.17, 15) is 9.18 Å². The second kappa shape index (κ2) is 6.62. The molecule has 1 heterocycles. The SMILES string of the molecule is O=C(NCc1ccccc1F)c1cc(-c2ccc(Cl)cc2)n[nH]1. The van der Waals surface area contributed by atoms with Gasteiger partial charge in [-0.2, -0.15) is 5.10 Å². The van der Waals surface area contributed by atoms with Gasteiger partial charge in [-0.05, 0) is 24.3 Å². The van der Waals surface area contributed by atoms with Crippen LogP contribution in [0.4, 0.5) is 4.39 Å². The highest BCUT2D eigenvalue weighted by atomic mass is 35.5. The van der Waals surface area contributed by atoms with Crippen molar-refractivity contribution in [3.8, 4) is 11.3 Å². The molecule has 0 radical (unpaired) electrons. The molecule has 0 spiro atoms. The fourth-order valence-corrected chi connectivity index (χ4v) is 2.25. The zero-order valence-corrected chi connectivity index (χ0v) is 12.8. The van der Waals surface area contributed by atoms with Crippen LogP contribution in [0.1, 0.15) is 16.1 Å². The predicted octanol–water partition coefficient (Wildman–Crippen LogP) is 3.80. The monoisotopic (exact) mass is 329 g/mol. The fraction of sp³-hybridized carbons (Fsp3) is 0.0588. The van der Waals surface area contributed by atoms with E-state index in [-0.39, 0.29) is 18.3 Å². The lowest BCUT2D eigenvalue weighted by Gasteiger charge is -2.04. The van der Waals surface area contributed by atoms with Crippen LogP contribution in [0.15, 0.2) is 54.6 Å². The highest BCUT2D eigenvalue weighted by Crippen LogP contribution is 2.20. The van der Waals surface area contributed by atoms with Crippen molar-refractivity contribution in [2.24, 2.45) is 0 Å². The molecule has 0 unspecified atom stereocenters. The minimum absolute atomic E-state index is 0.112. The van der Waals surface area contributed by atoms with Crippen molar-refractivity contribution in [2.75, 3.05) is 0 Å². The molecular formula is C17H13ClFN3O. The first kappa shape index (κ1) is 15.2. The molecule has 1 amide bonds.